The van der Waals surface area contributed by atoms with Crippen LogP contribution < -0.4 is 5.32 Å². The van der Waals surface area contributed by atoms with Crippen molar-refractivity contribution in [3.8, 4) is 0 Å². The summed E-state index contributed by atoms with van der Waals surface area (Å²) in [5.41, 5.74) is 0.950. The molecule has 19 heavy (non-hydrogen) atoms. The van der Waals surface area contributed by atoms with Crippen molar-refractivity contribution in [1.29, 1.82) is 0 Å². The van der Waals surface area contributed by atoms with Gasteiger partial charge in [-0.25, -0.2) is 12.7 Å². The van der Waals surface area contributed by atoms with Gasteiger partial charge in [-0.3, -0.25) is 0 Å². The number of nitrogens with one attached hydrogen (secondary N) is 1. The summed E-state index contributed by atoms with van der Waals surface area (Å²) >= 11 is 0. The van der Waals surface area contributed by atoms with Crippen molar-refractivity contribution in [3.63, 3.8) is 0 Å². The molecule has 0 heterocycles. The molecule has 0 saturated heterocycles. The maximum absolute atomic E-state index is 11.9. The Balaban J connectivity index is 2.78. The molecule has 0 aromatic heterocycles. The fraction of sp³-hybridized carbons (Fsp3) is 0.571. The highest BCUT2D eigenvalue weighted by molar-refractivity contribution is 7.89. The summed E-state index contributed by atoms with van der Waals surface area (Å²) in [4.78, 5) is 0.319. The first-order chi connectivity index (χ1) is 8.73. The molecule has 1 aromatic rings. The van der Waals surface area contributed by atoms with Crippen LogP contribution >= 0.6 is 0 Å². The van der Waals surface area contributed by atoms with Gasteiger partial charge in [0.05, 0.1) is 4.90 Å². The molecule has 0 aliphatic rings. The van der Waals surface area contributed by atoms with Crippen molar-refractivity contribution in [1.82, 2.24) is 4.31 Å². The molecule has 5 heteroatoms. The maximum atomic E-state index is 11.9. The third-order valence-electron chi connectivity index (χ3n) is 2.87. The highest BCUT2D eigenvalue weighted by Crippen LogP contribution is 2.18. The van der Waals surface area contributed by atoms with E-state index in [0.29, 0.717) is 16.9 Å². The minimum atomic E-state index is -3.34. The molecule has 0 aliphatic heterocycles. The standard InChI is InChI=1S/C14H24N2O2S/c1-11(2)10-12(3)15-13-6-8-14(9-7-13)19(17,18)16(4)5/h6-9,11-12,15H,10H2,1-5H3. The van der Waals surface area contributed by atoms with Gasteiger partial charge in [-0.2, -0.15) is 0 Å². The predicted octanol–water partition coefficient (Wildman–Crippen LogP) is 2.78. The number of benzene rings is 1. The van der Waals surface area contributed by atoms with E-state index in [-0.39, 0.29) is 0 Å². The first-order valence-electron chi connectivity index (χ1n) is 6.52. The molecule has 1 N–H and O–H groups in total. The number of rotatable bonds is 6. The van der Waals surface area contributed by atoms with Crippen LogP contribution in [0.3, 0.4) is 0 Å². The van der Waals surface area contributed by atoms with E-state index in [9.17, 15) is 8.42 Å². The van der Waals surface area contributed by atoms with E-state index in [4.69, 9.17) is 0 Å². The van der Waals surface area contributed by atoms with Gasteiger partial charge in [0.15, 0.2) is 0 Å². The molecule has 1 atom stereocenters. The van der Waals surface area contributed by atoms with E-state index in [2.05, 4.69) is 26.1 Å². The molecule has 4 nitrogen and oxygen atoms in total. The lowest BCUT2D eigenvalue weighted by atomic mass is 10.1. The fourth-order valence-electron chi connectivity index (χ4n) is 1.98. The lowest BCUT2D eigenvalue weighted by molar-refractivity contribution is 0.521. The van der Waals surface area contributed by atoms with Gasteiger partial charge in [-0.05, 0) is 43.5 Å². The Morgan fingerprint density at radius 1 is 1.11 bits per heavy atom. The lowest BCUT2D eigenvalue weighted by Crippen LogP contribution is -2.22. The number of sulfonamides is 1. The molecule has 0 amide bonds. The van der Waals surface area contributed by atoms with Gasteiger partial charge in [-0.1, -0.05) is 13.8 Å². The summed E-state index contributed by atoms with van der Waals surface area (Å²) in [5.74, 6) is 0.635. The van der Waals surface area contributed by atoms with Crippen LogP contribution in [0.1, 0.15) is 27.2 Å². The Morgan fingerprint density at radius 3 is 2.05 bits per heavy atom. The Kier molecular flexibility index (Phi) is 5.38. The molecule has 0 fully saturated rings. The van der Waals surface area contributed by atoms with Gasteiger partial charge >= 0.3 is 0 Å². The van der Waals surface area contributed by atoms with Crippen LogP contribution in [0.15, 0.2) is 29.2 Å². The van der Waals surface area contributed by atoms with Crippen LogP contribution in [0, 0.1) is 5.92 Å². The van der Waals surface area contributed by atoms with Crippen LogP contribution in [-0.4, -0.2) is 32.9 Å². The van der Waals surface area contributed by atoms with Gasteiger partial charge in [0.25, 0.3) is 0 Å². The molecule has 0 saturated carbocycles. The zero-order valence-corrected chi connectivity index (χ0v) is 13.2. The molecule has 108 valence electrons. The smallest absolute Gasteiger partial charge is 0.242 e. The highest BCUT2D eigenvalue weighted by atomic mass is 32.2. The number of anilines is 1. The lowest BCUT2D eigenvalue weighted by Gasteiger charge is -2.18. The summed E-state index contributed by atoms with van der Waals surface area (Å²) in [6, 6.07) is 7.27. The van der Waals surface area contributed by atoms with Gasteiger partial charge in [0.1, 0.15) is 0 Å². The van der Waals surface area contributed by atoms with Crippen molar-refractivity contribution >= 4 is 15.7 Å². The number of hydrogen-bond acceptors (Lipinski definition) is 3. The molecule has 0 radical (unpaired) electrons. The summed E-state index contributed by atoms with van der Waals surface area (Å²) in [5, 5.41) is 3.37. The minimum Gasteiger partial charge on any atom is -0.383 e. The Hall–Kier alpha value is -1.07. The van der Waals surface area contributed by atoms with E-state index >= 15 is 0 Å². The summed E-state index contributed by atoms with van der Waals surface area (Å²) in [6.45, 7) is 6.50. The van der Waals surface area contributed by atoms with Gasteiger partial charge in [-0.15, -0.1) is 0 Å². The average molecular weight is 284 g/mol. The molecule has 1 rings (SSSR count). The first kappa shape index (κ1) is 16.0. The van der Waals surface area contributed by atoms with E-state index < -0.39 is 10.0 Å². The van der Waals surface area contributed by atoms with Crippen LogP contribution in [0.2, 0.25) is 0 Å². The summed E-state index contributed by atoms with van der Waals surface area (Å²) < 4.78 is 25.1. The van der Waals surface area contributed by atoms with Crippen LogP contribution in [0.25, 0.3) is 0 Å². The molecule has 0 spiro atoms. The van der Waals surface area contributed by atoms with Crippen molar-refractivity contribution in [3.05, 3.63) is 24.3 Å². The Morgan fingerprint density at radius 2 is 1.63 bits per heavy atom. The van der Waals surface area contributed by atoms with Crippen molar-refractivity contribution in [2.45, 2.75) is 38.1 Å². The molecular formula is C14H24N2O2S. The van der Waals surface area contributed by atoms with E-state index in [1.54, 1.807) is 12.1 Å². The average Bonchev–Trinajstić information content (AvgIpc) is 2.28. The van der Waals surface area contributed by atoms with Crippen molar-refractivity contribution in [2.75, 3.05) is 19.4 Å². The van der Waals surface area contributed by atoms with Gasteiger partial charge < -0.3 is 5.32 Å². The molecule has 1 unspecified atom stereocenters. The minimum absolute atomic E-state index is 0.319. The summed E-state index contributed by atoms with van der Waals surface area (Å²) in [7, 11) is -0.268. The largest absolute Gasteiger partial charge is 0.383 e. The summed E-state index contributed by atoms with van der Waals surface area (Å²) in [6.07, 6.45) is 1.08. The highest BCUT2D eigenvalue weighted by Gasteiger charge is 2.16. The monoisotopic (exact) mass is 284 g/mol. The number of nitrogens with zero attached hydrogens (tertiary/aromatic N) is 1. The predicted molar refractivity (Wildman–Crippen MR) is 79.9 cm³/mol. The molecule has 0 bridgehead atoms. The van der Waals surface area contributed by atoms with E-state index in [1.807, 2.05) is 12.1 Å². The quantitative estimate of drug-likeness (QED) is 0.874. The third kappa shape index (κ3) is 4.51. The topological polar surface area (TPSA) is 49.4 Å². The van der Waals surface area contributed by atoms with Crippen molar-refractivity contribution in [2.24, 2.45) is 5.92 Å². The van der Waals surface area contributed by atoms with E-state index in [1.165, 1.54) is 18.4 Å². The van der Waals surface area contributed by atoms with Gasteiger partial charge in [0, 0.05) is 25.8 Å². The zero-order chi connectivity index (χ0) is 14.6. The third-order valence-corrected chi connectivity index (χ3v) is 4.70. The molecule has 0 aliphatic carbocycles. The van der Waals surface area contributed by atoms with Crippen LogP contribution in [0.5, 0.6) is 0 Å². The second-order valence-electron chi connectivity index (χ2n) is 5.49. The normalized spacial score (nSPS) is 13.8. The van der Waals surface area contributed by atoms with Crippen LogP contribution in [0.4, 0.5) is 5.69 Å². The van der Waals surface area contributed by atoms with E-state index in [0.717, 1.165) is 12.1 Å². The Labute approximate surface area is 116 Å². The second-order valence-corrected chi connectivity index (χ2v) is 7.64. The Bertz CT molecular complexity index is 493. The fourth-order valence-corrected chi connectivity index (χ4v) is 2.89. The van der Waals surface area contributed by atoms with Crippen LogP contribution in [-0.2, 0) is 10.0 Å². The van der Waals surface area contributed by atoms with Crippen molar-refractivity contribution < 1.29 is 8.42 Å². The maximum Gasteiger partial charge on any atom is 0.242 e. The molecule has 1 aromatic carbocycles. The first-order valence-corrected chi connectivity index (χ1v) is 7.96. The molecular weight excluding hydrogens is 260 g/mol. The number of hydrogen-bond donors (Lipinski definition) is 1. The SMILES string of the molecule is CC(C)CC(C)Nc1ccc(S(=O)(=O)N(C)C)cc1. The zero-order valence-electron chi connectivity index (χ0n) is 12.3. The second kappa shape index (κ2) is 6.39. The van der Waals surface area contributed by atoms with Gasteiger partial charge in [0.2, 0.25) is 10.0 Å².